The third-order valence-electron chi connectivity index (χ3n) is 8.57. The summed E-state index contributed by atoms with van der Waals surface area (Å²) in [5.74, 6) is -1.22. The zero-order valence-corrected chi connectivity index (χ0v) is 23.7. The molecule has 0 spiro atoms. The van der Waals surface area contributed by atoms with Gasteiger partial charge in [-0.3, -0.25) is 19.7 Å². The number of ether oxygens (including phenoxy) is 2. The van der Waals surface area contributed by atoms with Crippen LogP contribution in [0.5, 0.6) is 11.5 Å². The number of phenolic OH excluding ortho intramolecular Hbond substituents is 1. The molecule has 2 saturated heterocycles. The number of phenols is 1. The minimum atomic E-state index is -0.596. The molecule has 43 heavy (non-hydrogen) atoms. The first-order chi connectivity index (χ1) is 20.8. The highest BCUT2D eigenvalue weighted by Crippen LogP contribution is 2.50. The summed E-state index contributed by atoms with van der Waals surface area (Å²) in [7, 11) is 0. The van der Waals surface area contributed by atoms with Crippen molar-refractivity contribution in [3.05, 3.63) is 111 Å². The van der Waals surface area contributed by atoms with Crippen molar-refractivity contribution in [1.82, 2.24) is 0 Å². The Morgan fingerprint density at radius 1 is 1.05 bits per heavy atom. The van der Waals surface area contributed by atoms with Crippen molar-refractivity contribution >= 4 is 29.3 Å². The third kappa shape index (κ3) is 5.68. The summed E-state index contributed by atoms with van der Waals surface area (Å²) >= 11 is 0. The molecule has 2 aliphatic heterocycles. The first-order valence-corrected chi connectivity index (χ1v) is 14.4. The van der Waals surface area contributed by atoms with Gasteiger partial charge in [0.2, 0.25) is 11.8 Å². The number of nitro benzene ring substituents is 1. The van der Waals surface area contributed by atoms with Gasteiger partial charge >= 0.3 is 0 Å². The van der Waals surface area contributed by atoms with Gasteiger partial charge in [-0.15, -0.1) is 0 Å². The summed E-state index contributed by atoms with van der Waals surface area (Å²) in [6.07, 6.45) is 3.68. The minimum Gasteiger partial charge on any atom is -0.508 e. The number of allylic oxidation sites excluding steroid dienone is 1. The normalized spacial score (nSPS) is 23.4. The van der Waals surface area contributed by atoms with Crippen molar-refractivity contribution < 1.29 is 29.1 Å². The van der Waals surface area contributed by atoms with Crippen molar-refractivity contribution in [2.45, 2.75) is 32.3 Å². The van der Waals surface area contributed by atoms with Gasteiger partial charge in [-0.25, -0.2) is 4.90 Å². The average Bonchev–Trinajstić information content (AvgIpc) is 3.54. The number of aromatic hydroxyl groups is 1. The number of hydrogen-bond donors (Lipinski definition) is 1. The number of para-hydroxylation sites is 1. The van der Waals surface area contributed by atoms with Crippen LogP contribution in [0.4, 0.5) is 11.4 Å². The minimum absolute atomic E-state index is 0.177. The molecule has 1 N–H and O–H groups in total. The third-order valence-corrected chi connectivity index (χ3v) is 8.57. The zero-order valence-electron chi connectivity index (χ0n) is 23.7. The van der Waals surface area contributed by atoms with Crippen molar-refractivity contribution in [2.24, 2.45) is 17.8 Å². The molecular weight excluding hydrogens is 548 g/mol. The van der Waals surface area contributed by atoms with Crippen molar-refractivity contribution in [2.75, 3.05) is 18.1 Å². The van der Waals surface area contributed by atoms with Crippen LogP contribution in [0.15, 0.2) is 95.6 Å². The van der Waals surface area contributed by atoms with Gasteiger partial charge in [-0.2, -0.15) is 0 Å². The Morgan fingerprint density at radius 3 is 2.56 bits per heavy atom. The number of non-ortho nitro benzene ring substituents is 1. The van der Waals surface area contributed by atoms with Crippen LogP contribution in [0.2, 0.25) is 0 Å². The lowest BCUT2D eigenvalue weighted by atomic mass is 9.69. The molecule has 2 heterocycles. The fourth-order valence-electron chi connectivity index (χ4n) is 6.58. The molecule has 0 bridgehead atoms. The van der Waals surface area contributed by atoms with E-state index < -0.39 is 16.8 Å². The Kier molecular flexibility index (Phi) is 7.82. The zero-order chi connectivity index (χ0) is 30.1. The fraction of sp³-hybridized carbons (Fsp3) is 0.294. The summed E-state index contributed by atoms with van der Waals surface area (Å²) in [6, 6.07) is 22.2. The Morgan fingerprint density at radius 2 is 1.81 bits per heavy atom. The number of hydrogen-bond acceptors (Lipinski definition) is 7. The molecule has 6 rings (SSSR count). The fourth-order valence-corrected chi connectivity index (χ4v) is 6.58. The molecule has 9 heteroatoms. The number of anilines is 1. The van der Waals surface area contributed by atoms with E-state index in [-0.39, 0.29) is 47.6 Å². The van der Waals surface area contributed by atoms with E-state index in [2.05, 4.69) is 13.0 Å². The van der Waals surface area contributed by atoms with Crippen LogP contribution >= 0.6 is 0 Å². The Hall–Kier alpha value is -4.76. The molecule has 0 saturated carbocycles. The second-order valence-electron chi connectivity index (χ2n) is 11.3. The molecule has 0 unspecified atom stereocenters. The molecule has 4 atom stereocenters. The second kappa shape index (κ2) is 11.9. The number of imide groups is 1. The van der Waals surface area contributed by atoms with Gasteiger partial charge in [0, 0.05) is 18.1 Å². The van der Waals surface area contributed by atoms with E-state index in [1.165, 1.54) is 18.2 Å². The molecule has 0 aromatic heterocycles. The van der Waals surface area contributed by atoms with Crippen LogP contribution in [0, 0.1) is 27.9 Å². The number of amides is 2. The maximum Gasteiger partial charge on any atom is 0.271 e. The van der Waals surface area contributed by atoms with E-state index in [1.807, 2.05) is 42.5 Å². The monoisotopic (exact) mass is 580 g/mol. The van der Waals surface area contributed by atoms with E-state index in [4.69, 9.17) is 9.47 Å². The number of benzene rings is 3. The van der Waals surface area contributed by atoms with E-state index in [1.54, 1.807) is 18.2 Å². The van der Waals surface area contributed by atoms with E-state index in [0.717, 1.165) is 33.6 Å². The van der Waals surface area contributed by atoms with Crippen LogP contribution in [-0.4, -0.2) is 41.2 Å². The van der Waals surface area contributed by atoms with E-state index in [0.29, 0.717) is 25.2 Å². The quantitative estimate of drug-likeness (QED) is 0.141. The van der Waals surface area contributed by atoms with Crippen molar-refractivity contribution in [1.29, 1.82) is 0 Å². The Labute approximate surface area is 249 Å². The molecule has 220 valence electrons. The van der Waals surface area contributed by atoms with E-state index in [9.17, 15) is 24.8 Å². The summed E-state index contributed by atoms with van der Waals surface area (Å²) in [6.45, 7) is 2.65. The largest absolute Gasteiger partial charge is 0.508 e. The molecule has 9 nitrogen and oxygen atoms in total. The highest BCUT2D eigenvalue weighted by atomic mass is 16.6. The second-order valence-corrected chi connectivity index (χ2v) is 11.3. The predicted molar refractivity (Wildman–Crippen MR) is 160 cm³/mol. The molecule has 3 aromatic rings. The molecule has 2 amide bonds. The maximum absolute atomic E-state index is 13.9. The van der Waals surface area contributed by atoms with Crippen molar-refractivity contribution in [3.8, 4) is 11.5 Å². The first-order valence-electron chi connectivity index (χ1n) is 14.4. The van der Waals surface area contributed by atoms with Gasteiger partial charge < -0.3 is 14.6 Å². The summed E-state index contributed by atoms with van der Waals surface area (Å²) < 4.78 is 12.5. The van der Waals surface area contributed by atoms with Gasteiger partial charge in [0.05, 0.1) is 35.2 Å². The number of rotatable bonds is 9. The number of carbonyl (C=O) groups excluding carboxylic acids is 2. The topological polar surface area (TPSA) is 119 Å². The van der Waals surface area contributed by atoms with Crippen LogP contribution in [-0.2, 0) is 14.3 Å². The number of carbonyl (C=O) groups is 2. The molecule has 2 fully saturated rings. The predicted octanol–water partition coefficient (Wildman–Crippen LogP) is 6.08. The van der Waals surface area contributed by atoms with Crippen molar-refractivity contribution in [3.63, 3.8) is 0 Å². The van der Waals surface area contributed by atoms with Gasteiger partial charge in [0.15, 0.2) is 0 Å². The SMILES string of the molecule is C/C(=C\c1ccc(O)cc1)CC[C@H]1OC[C@H]2C1=C(COc1ccccc1)C[C@H]1C(=O)N(c3cccc([N+](=O)[O-])c3)C(=O)[C@H]12. The highest BCUT2D eigenvalue weighted by Gasteiger charge is 2.57. The standard InChI is InChI=1S/C34H32N2O7/c1-21(16-22-11-13-26(37)14-12-22)10-15-30-31-23(19-42-27-8-3-2-4-9-27)17-28-32(29(31)20-43-30)34(39)35(33(28)38)24-6-5-7-25(18-24)36(40)41/h2-9,11-14,16,18,28-30,32,37H,10,15,17,19-20H2,1H3/b21-16+/t28-,29+,30-,32-/m1/s1. The maximum atomic E-state index is 13.9. The lowest BCUT2D eigenvalue weighted by Crippen LogP contribution is -2.35. The van der Waals surface area contributed by atoms with E-state index >= 15 is 0 Å². The smallest absolute Gasteiger partial charge is 0.271 e. The van der Waals surface area contributed by atoms with Crippen LogP contribution in [0.25, 0.3) is 6.08 Å². The van der Waals surface area contributed by atoms with Crippen LogP contribution in [0.1, 0.15) is 31.7 Å². The summed E-state index contributed by atoms with van der Waals surface area (Å²) in [4.78, 5) is 39.6. The van der Waals surface area contributed by atoms with Gasteiger partial charge in [0.1, 0.15) is 18.1 Å². The van der Waals surface area contributed by atoms with Gasteiger partial charge in [-0.1, -0.05) is 48.0 Å². The van der Waals surface area contributed by atoms with Gasteiger partial charge in [0.25, 0.3) is 5.69 Å². The average molecular weight is 581 g/mol. The molecule has 1 aliphatic carbocycles. The summed E-state index contributed by atoms with van der Waals surface area (Å²) in [5, 5.41) is 21.0. The van der Waals surface area contributed by atoms with Crippen LogP contribution < -0.4 is 9.64 Å². The number of fused-ring (bicyclic) bond motifs is 3. The van der Waals surface area contributed by atoms with Crippen LogP contribution in [0.3, 0.4) is 0 Å². The highest BCUT2D eigenvalue weighted by molar-refractivity contribution is 6.22. The number of nitro groups is 1. The molecule has 0 radical (unpaired) electrons. The lowest BCUT2D eigenvalue weighted by molar-refractivity contribution is -0.384. The molecular formula is C34H32N2O7. The molecule has 3 aliphatic rings. The Bertz CT molecular complexity index is 1610. The first kappa shape index (κ1) is 28.4. The lowest BCUT2D eigenvalue weighted by Gasteiger charge is -2.31. The summed E-state index contributed by atoms with van der Waals surface area (Å²) in [5.41, 5.74) is 4.19. The van der Waals surface area contributed by atoms with Gasteiger partial charge in [-0.05, 0) is 73.2 Å². The number of nitrogens with zero attached hydrogens (tertiary/aromatic N) is 2. The Balaban J connectivity index is 1.27. The molecule has 3 aromatic carbocycles.